The molecule has 16 heavy (non-hydrogen) atoms. The molecule has 4 nitrogen and oxygen atoms in total. The molecule has 0 aliphatic carbocycles. The lowest BCUT2D eigenvalue weighted by atomic mass is 9.98. The van der Waals surface area contributed by atoms with Crippen molar-refractivity contribution < 1.29 is 4.79 Å². The second-order valence-electron chi connectivity index (χ2n) is 5.15. The first-order valence-electron chi connectivity index (χ1n) is 6.20. The first-order chi connectivity index (χ1) is 7.50. The molecule has 1 N–H and O–H groups in total. The van der Waals surface area contributed by atoms with Crippen molar-refractivity contribution in [2.75, 3.05) is 33.7 Å². The van der Waals surface area contributed by atoms with Crippen LogP contribution in [0.3, 0.4) is 0 Å². The summed E-state index contributed by atoms with van der Waals surface area (Å²) >= 11 is 0. The lowest BCUT2D eigenvalue weighted by Gasteiger charge is -2.35. The zero-order valence-electron chi connectivity index (χ0n) is 11.0. The highest BCUT2D eigenvalue weighted by Crippen LogP contribution is 2.17. The number of carbonyl (C=O) groups excluding carboxylic acids is 1. The van der Waals surface area contributed by atoms with E-state index >= 15 is 0 Å². The fourth-order valence-corrected chi connectivity index (χ4v) is 1.99. The zero-order valence-corrected chi connectivity index (χ0v) is 11.0. The second kappa shape index (κ2) is 6.09. The number of rotatable bonds is 3. The van der Waals surface area contributed by atoms with E-state index in [4.69, 9.17) is 0 Å². The van der Waals surface area contributed by atoms with Gasteiger partial charge in [-0.3, -0.25) is 4.90 Å². The first kappa shape index (κ1) is 13.3. The van der Waals surface area contributed by atoms with E-state index in [1.165, 1.54) is 25.9 Å². The van der Waals surface area contributed by atoms with Crippen LogP contribution in [-0.4, -0.2) is 55.6 Å². The van der Waals surface area contributed by atoms with E-state index in [-0.39, 0.29) is 6.03 Å². The summed E-state index contributed by atoms with van der Waals surface area (Å²) in [7, 11) is 3.53. The number of hydrogen-bond donors (Lipinski definition) is 1. The van der Waals surface area contributed by atoms with Gasteiger partial charge in [-0.1, -0.05) is 6.92 Å². The Labute approximate surface area is 99.0 Å². The highest BCUT2D eigenvalue weighted by molar-refractivity contribution is 5.73. The molecule has 0 saturated carbocycles. The van der Waals surface area contributed by atoms with Crippen LogP contribution in [0.5, 0.6) is 0 Å². The number of carbonyl (C=O) groups is 1. The third-order valence-electron chi connectivity index (χ3n) is 3.40. The standard InChI is InChI=1S/C12H25N3O/c1-10-5-7-15(8-6-10)11(2)9-13-12(16)14(3)4/h10-11H,5-9H2,1-4H3,(H,13,16). The molecule has 1 heterocycles. The quantitative estimate of drug-likeness (QED) is 0.790. The maximum absolute atomic E-state index is 11.4. The fraction of sp³-hybridized carbons (Fsp3) is 0.917. The third-order valence-corrected chi connectivity index (χ3v) is 3.40. The lowest BCUT2D eigenvalue weighted by molar-refractivity contribution is 0.143. The van der Waals surface area contributed by atoms with E-state index in [0.717, 1.165) is 12.5 Å². The lowest BCUT2D eigenvalue weighted by Crippen LogP contribution is -2.47. The number of likely N-dealkylation sites (tertiary alicyclic amines) is 1. The summed E-state index contributed by atoms with van der Waals surface area (Å²) < 4.78 is 0. The molecule has 0 radical (unpaired) electrons. The average molecular weight is 227 g/mol. The van der Waals surface area contributed by atoms with Crippen molar-refractivity contribution in [3.63, 3.8) is 0 Å². The maximum Gasteiger partial charge on any atom is 0.316 e. The normalized spacial score (nSPS) is 20.5. The minimum Gasteiger partial charge on any atom is -0.336 e. The molecule has 1 saturated heterocycles. The largest absolute Gasteiger partial charge is 0.336 e. The summed E-state index contributed by atoms with van der Waals surface area (Å²) in [5, 5.41) is 2.94. The summed E-state index contributed by atoms with van der Waals surface area (Å²) in [6.07, 6.45) is 2.57. The maximum atomic E-state index is 11.4. The topological polar surface area (TPSA) is 35.6 Å². The van der Waals surface area contributed by atoms with Gasteiger partial charge in [-0.2, -0.15) is 0 Å². The molecule has 94 valence electrons. The van der Waals surface area contributed by atoms with Gasteiger partial charge in [0, 0.05) is 26.7 Å². The molecule has 0 aromatic rings. The van der Waals surface area contributed by atoms with Crippen molar-refractivity contribution in [3.05, 3.63) is 0 Å². The Hall–Kier alpha value is -0.770. The molecule has 0 aromatic heterocycles. The predicted molar refractivity (Wildman–Crippen MR) is 66.5 cm³/mol. The van der Waals surface area contributed by atoms with E-state index in [1.54, 1.807) is 19.0 Å². The summed E-state index contributed by atoms with van der Waals surface area (Å²) in [6, 6.07) is 0.439. The predicted octanol–water partition coefficient (Wildman–Crippen LogP) is 1.38. The van der Waals surface area contributed by atoms with Gasteiger partial charge in [0.15, 0.2) is 0 Å². The van der Waals surface area contributed by atoms with Gasteiger partial charge in [0.1, 0.15) is 0 Å². The minimum atomic E-state index is -0.00257. The second-order valence-corrected chi connectivity index (χ2v) is 5.15. The minimum absolute atomic E-state index is 0.00257. The van der Waals surface area contributed by atoms with Crippen LogP contribution in [0, 0.1) is 5.92 Å². The molecule has 0 spiro atoms. The first-order valence-corrected chi connectivity index (χ1v) is 6.20. The van der Waals surface area contributed by atoms with Crippen molar-refractivity contribution in [2.45, 2.75) is 32.7 Å². The van der Waals surface area contributed by atoms with E-state index < -0.39 is 0 Å². The molecule has 0 bridgehead atoms. The van der Waals surface area contributed by atoms with Crippen molar-refractivity contribution in [2.24, 2.45) is 5.92 Å². The Balaban J connectivity index is 2.24. The Morgan fingerprint density at radius 1 is 1.44 bits per heavy atom. The Kier molecular flexibility index (Phi) is 5.06. The van der Waals surface area contributed by atoms with Gasteiger partial charge in [-0.25, -0.2) is 4.79 Å². The summed E-state index contributed by atoms with van der Waals surface area (Å²) in [5.74, 6) is 0.861. The zero-order chi connectivity index (χ0) is 12.1. The van der Waals surface area contributed by atoms with Crippen LogP contribution in [-0.2, 0) is 0 Å². The molecular formula is C12H25N3O. The number of urea groups is 1. The van der Waals surface area contributed by atoms with Gasteiger partial charge in [0.2, 0.25) is 0 Å². The molecular weight excluding hydrogens is 202 g/mol. The summed E-state index contributed by atoms with van der Waals surface area (Å²) in [4.78, 5) is 15.4. The smallest absolute Gasteiger partial charge is 0.316 e. The SMILES string of the molecule is CC1CCN(C(C)CNC(=O)N(C)C)CC1. The Morgan fingerprint density at radius 2 is 2.00 bits per heavy atom. The third kappa shape index (κ3) is 4.00. The monoisotopic (exact) mass is 227 g/mol. The van der Waals surface area contributed by atoms with Crippen molar-refractivity contribution in [1.29, 1.82) is 0 Å². The van der Waals surface area contributed by atoms with Gasteiger partial charge >= 0.3 is 6.03 Å². The van der Waals surface area contributed by atoms with Gasteiger partial charge < -0.3 is 10.2 Å². The highest BCUT2D eigenvalue weighted by atomic mass is 16.2. The average Bonchev–Trinajstić information content (AvgIpc) is 2.26. The number of amides is 2. The fourth-order valence-electron chi connectivity index (χ4n) is 1.99. The number of piperidine rings is 1. The van der Waals surface area contributed by atoms with Crippen LogP contribution in [0.1, 0.15) is 26.7 Å². The molecule has 4 heteroatoms. The van der Waals surface area contributed by atoms with Crippen molar-refractivity contribution in [1.82, 2.24) is 15.1 Å². The van der Waals surface area contributed by atoms with E-state index in [0.29, 0.717) is 6.04 Å². The van der Waals surface area contributed by atoms with Crippen LogP contribution < -0.4 is 5.32 Å². The Morgan fingerprint density at radius 3 is 2.50 bits per heavy atom. The van der Waals surface area contributed by atoms with Crippen molar-refractivity contribution in [3.8, 4) is 0 Å². The van der Waals surface area contributed by atoms with Gasteiger partial charge in [-0.15, -0.1) is 0 Å². The molecule has 1 aliphatic heterocycles. The van der Waals surface area contributed by atoms with Crippen LogP contribution in [0.25, 0.3) is 0 Å². The van der Waals surface area contributed by atoms with Crippen LogP contribution in [0.2, 0.25) is 0 Å². The number of nitrogens with one attached hydrogen (secondary N) is 1. The summed E-state index contributed by atoms with van der Waals surface area (Å²) in [6.45, 7) is 7.58. The molecule has 1 aliphatic rings. The van der Waals surface area contributed by atoms with Crippen molar-refractivity contribution >= 4 is 6.03 Å². The summed E-state index contributed by atoms with van der Waals surface area (Å²) in [5.41, 5.74) is 0. The molecule has 0 aromatic carbocycles. The molecule has 2 amide bonds. The number of hydrogen-bond acceptors (Lipinski definition) is 2. The Bertz CT molecular complexity index is 222. The number of nitrogens with zero attached hydrogens (tertiary/aromatic N) is 2. The van der Waals surface area contributed by atoms with E-state index in [9.17, 15) is 4.79 Å². The molecule has 1 atom stereocenters. The van der Waals surface area contributed by atoms with Crippen LogP contribution >= 0.6 is 0 Å². The van der Waals surface area contributed by atoms with Crippen LogP contribution in [0.15, 0.2) is 0 Å². The van der Waals surface area contributed by atoms with Gasteiger partial charge in [0.25, 0.3) is 0 Å². The highest BCUT2D eigenvalue weighted by Gasteiger charge is 2.20. The van der Waals surface area contributed by atoms with Crippen LogP contribution in [0.4, 0.5) is 4.79 Å². The van der Waals surface area contributed by atoms with E-state index in [1.807, 2.05) is 0 Å². The van der Waals surface area contributed by atoms with Gasteiger partial charge in [0.05, 0.1) is 0 Å². The molecule has 1 rings (SSSR count). The molecule has 1 fully saturated rings. The van der Waals surface area contributed by atoms with Gasteiger partial charge in [-0.05, 0) is 38.8 Å². The van der Waals surface area contributed by atoms with E-state index in [2.05, 4.69) is 24.1 Å². The molecule has 1 unspecified atom stereocenters.